The van der Waals surface area contributed by atoms with Crippen molar-refractivity contribution in [1.29, 1.82) is 0 Å². The zero-order valence-corrected chi connectivity index (χ0v) is 8.10. The predicted octanol–water partition coefficient (Wildman–Crippen LogP) is 1.67. The molecular weight excluding hydrogens is 196 g/mol. The lowest BCUT2D eigenvalue weighted by Gasteiger charge is -1.95. The van der Waals surface area contributed by atoms with Crippen LogP contribution in [0, 0.1) is 0 Å². The van der Waals surface area contributed by atoms with Gasteiger partial charge in [0.1, 0.15) is 4.99 Å². The second-order valence-electron chi connectivity index (χ2n) is 2.88. The Hall–Kier alpha value is -1.68. The molecule has 0 atom stereocenters. The Morgan fingerprint density at radius 1 is 1.14 bits per heavy atom. The van der Waals surface area contributed by atoms with Gasteiger partial charge in [-0.2, -0.15) is 0 Å². The third-order valence-electron chi connectivity index (χ3n) is 1.83. The number of thiocarbonyl (C=S) groups is 1. The Kier molecular flexibility index (Phi) is 2.28. The van der Waals surface area contributed by atoms with Gasteiger partial charge in [0.05, 0.1) is 5.70 Å². The molecule has 1 aliphatic heterocycles. The first-order chi connectivity index (χ1) is 6.75. The van der Waals surface area contributed by atoms with Gasteiger partial charge in [0.25, 0.3) is 0 Å². The van der Waals surface area contributed by atoms with Crippen LogP contribution < -0.4 is 10.6 Å². The van der Waals surface area contributed by atoms with E-state index in [2.05, 4.69) is 10.6 Å². The molecule has 1 fully saturated rings. The van der Waals surface area contributed by atoms with Gasteiger partial charge in [-0.25, -0.2) is 4.79 Å². The van der Waals surface area contributed by atoms with Crippen LogP contribution in [0.2, 0.25) is 0 Å². The van der Waals surface area contributed by atoms with Crippen molar-refractivity contribution in [1.82, 2.24) is 10.6 Å². The smallest absolute Gasteiger partial charge is 0.305 e. The van der Waals surface area contributed by atoms with Crippen molar-refractivity contribution in [3.05, 3.63) is 41.6 Å². The molecule has 2 rings (SSSR count). The zero-order chi connectivity index (χ0) is 9.97. The van der Waals surface area contributed by atoms with Gasteiger partial charge in [-0.1, -0.05) is 42.5 Å². The largest absolute Gasteiger partial charge is 0.324 e. The number of amides is 2. The first-order valence-corrected chi connectivity index (χ1v) is 4.55. The SMILES string of the molecule is O=C1NC(=S)/C(=C/c2ccccc2)N1. The van der Waals surface area contributed by atoms with Gasteiger partial charge in [-0.15, -0.1) is 0 Å². The van der Waals surface area contributed by atoms with Gasteiger partial charge in [0.15, 0.2) is 0 Å². The van der Waals surface area contributed by atoms with Crippen molar-refractivity contribution < 1.29 is 4.79 Å². The Morgan fingerprint density at radius 3 is 2.43 bits per heavy atom. The van der Waals surface area contributed by atoms with Crippen molar-refractivity contribution in [2.24, 2.45) is 0 Å². The van der Waals surface area contributed by atoms with Crippen LogP contribution in [0.3, 0.4) is 0 Å². The maximum absolute atomic E-state index is 10.9. The van der Waals surface area contributed by atoms with E-state index in [0.717, 1.165) is 5.56 Å². The molecular formula is C10H8N2OS. The number of rotatable bonds is 1. The number of hydrogen-bond donors (Lipinski definition) is 2. The average molecular weight is 204 g/mol. The fraction of sp³-hybridized carbons (Fsp3) is 0. The van der Waals surface area contributed by atoms with E-state index in [9.17, 15) is 4.79 Å². The summed E-state index contributed by atoms with van der Waals surface area (Å²) in [5.74, 6) is 0. The van der Waals surface area contributed by atoms with Crippen LogP contribution in [0.25, 0.3) is 6.08 Å². The quantitative estimate of drug-likeness (QED) is 0.539. The molecule has 1 aliphatic rings. The van der Waals surface area contributed by atoms with Crippen LogP contribution in [-0.2, 0) is 0 Å². The third kappa shape index (κ3) is 1.80. The van der Waals surface area contributed by atoms with E-state index >= 15 is 0 Å². The second-order valence-corrected chi connectivity index (χ2v) is 3.29. The number of carbonyl (C=O) groups excluding carboxylic acids is 1. The molecule has 0 unspecified atom stereocenters. The average Bonchev–Trinajstić information content (AvgIpc) is 2.47. The summed E-state index contributed by atoms with van der Waals surface area (Å²) in [5, 5.41) is 5.12. The van der Waals surface area contributed by atoms with Gasteiger partial charge < -0.3 is 5.32 Å². The van der Waals surface area contributed by atoms with Gasteiger partial charge in [0.2, 0.25) is 0 Å². The normalized spacial score (nSPS) is 18.1. The Labute approximate surface area is 86.8 Å². The molecule has 1 aromatic carbocycles. The van der Waals surface area contributed by atoms with Crippen LogP contribution in [0.5, 0.6) is 0 Å². The van der Waals surface area contributed by atoms with E-state index in [1.165, 1.54) is 0 Å². The standard InChI is InChI=1S/C10H8N2OS/c13-10-11-8(9(14)12-10)6-7-4-2-1-3-5-7/h1-6H,(H2,11,12,13,14)/b8-6-. The Balaban J connectivity index is 2.28. The first kappa shape index (κ1) is 8.90. The van der Waals surface area contributed by atoms with Crippen LogP contribution in [0.4, 0.5) is 4.79 Å². The minimum absolute atomic E-state index is 0.266. The summed E-state index contributed by atoms with van der Waals surface area (Å²) in [5.41, 5.74) is 1.66. The molecule has 0 spiro atoms. The lowest BCUT2D eigenvalue weighted by atomic mass is 10.2. The topological polar surface area (TPSA) is 41.1 Å². The van der Waals surface area contributed by atoms with E-state index in [1.54, 1.807) is 0 Å². The number of carbonyl (C=O) groups is 1. The highest BCUT2D eigenvalue weighted by molar-refractivity contribution is 7.80. The molecule has 3 nitrogen and oxygen atoms in total. The summed E-state index contributed by atoms with van der Waals surface area (Å²) in [6.45, 7) is 0. The van der Waals surface area contributed by atoms with E-state index in [1.807, 2.05) is 36.4 Å². The van der Waals surface area contributed by atoms with E-state index in [0.29, 0.717) is 10.7 Å². The van der Waals surface area contributed by atoms with Crippen molar-refractivity contribution >= 4 is 29.3 Å². The Bertz CT molecular complexity index is 411. The molecule has 2 N–H and O–H groups in total. The van der Waals surface area contributed by atoms with Gasteiger partial charge >= 0.3 is 6.03 Å². The molecule has 0 bridgehead atoms. The highest BCUT2D eigenvalue weighted by Crippen LogP contribution is 2.08. The lowest BCUT2D eigenvalue weighted by molar-refractivity contribution is 0.250. The highest BCUT2D eigenvalue weighted by atomic mass is 32.1. The molecule has 4 heteroatoms. The summed E-state index contributed by atoms with van der Waals surface area (Å²) in [6.07, 6.45) is 1.83. The summed E-state index contributed by atoms with van der Waals surface area (Å²) in [4.78, 5) is 11.3. The first-order valence-electron chi connectivity index (χ1n) is 4.15. The summed E-state index contributed by atoms with van der Waals surface area (Å²) >= 11 is 4.95. The summed E-state index contributed by atoms with van der Waals surface area (Å²) in [7, 11) is 0. The summed E-state index contributed by atoms with van der Waals surface area (Å²) < 4.78 is 0. The minimum atomic E-state index is -0.266. The third-order valence-corrected chi connectivity index (χ3v) is 2.15. The molecule has 0 aromatic heterocycles. The van der Waals surface area contributed by atoms with Gasteiger partial charge in [-0.05, 0) is 11.6 Å². The van der Waals surface area contributed by atoms with E-state index in [4.69, 9.17) is 12.2 Å². The number of urea groups is 1. The fourth-order valence-corrected chi connectivity index (χ4v) is 1.40. The number of hydrogen-bond acceptors (Lipinski definition) is 2. The van der Waals surface area contributed by atoms with Crippen molar-refractivity contribution in [2.75, 3.05) is 0 Å². The molecule has 0 radical (unpaired) electrons. The fourth-order valence-electron chi connectivity index (χ4n) is 1.20. The van der Waals surface area contributed by atoms with Crippen molar-refractivity contribution in [3.8, 4) is 0 Å². The molecule has 1 heterocycles. The lowest BCUT2D eigenvalue weighted by Crippen LogP contribution is -2.21. The number of benzene rings is 1. The molecule has 2 amide bonds. The highest BCUT2D eigenvalue weighted by Gasteiger charge is 2.18. The maximum atomic E-state index is 10.9. The van der Waals surface area contributed by atoms with E-state index in [-0.39, 0.29) is 6.03 Å². The summed E-state index contributed by atoms with van der Waals surface area (Å²) in [6, 6.07) is 9.42. The van der Waals surface area contributed by atoms with E-state index < -0.39 is 0 Å². The van der Waals surface area contributed by atoms with Crippen LogP contribution >= 0.6 is 12.2 Å². The van der Waals surface area contributed by atoms with Crippen molar-refractivity contribution in [2.45, 2.75) is 0 Å². The maximum Gasteiger partial charge on any atom is 0.324 e. The van der Waals surface area contributed by atoms with Gasteiger partial charge in [-0.3, -0.25) is 5.32 Å². The molecule has 1 saturated heterocycles. The number of nitrogens with one attached hydrogen (secondary N) is 2. The van der Waals surface area contributed by atoms with Crippen molar-refractivity contribution in [3.63, 3.8) is 0 Å². The van der Waals surface area contributed by atoms with Crippen LogP contribution in [0.1, 0.15) is 5.56 Å². The Morgan fingerprint density at radius 2 is 1.86 bits per heavy atom. The zero-order valence-electron chi connectivity index (χ0n) is 7.28. The molecule has 0 saturated carbocycles. The second kappa shape index (κ2) is 3.59. The van der Waals surface area contributed by atoms with Gasteiger partial charge in [0, 0.05) is 0 Å². The molecule has 14 heavy (non-hydrogen) atoms. The monoisotopic (exact) mass is 204 g/mol. The predicted molar refractivity (Wildman–Crippen MR) is 58.7 cm³/mol. The molecule has 70 valence electrons. The molecule has 1 aromatic rings. The molecule has 0 aliphatic carbocycles. The minimum Gasteiger partial charge on any atom is -0.305 e. The van der Waals surface area contributed by atoms with Crippen LogP contribution in [0.15, 0.2) is 36.0 Å². The van der Waals surface area contributed by atoms with Crippen LogP contribution in [-0.4, -0.2) is 11.0 Å².